The van der Waals surface area contributed by atoms with Crippen molar-refractivity contribution in [2.45, 2.75) is 45.9 Å². The lowest BCUT2D eigenvalue weighted by molar-refractivity contribution is 0.129. The predicted octanol–water partition coefficient (Wildman–Crippen LogP) is 2.56. The average molecular weight is 307 g/mol. The number of guanidine groups is 1. The van der Waals surface area contributed by atoms with Gasteiger partial charge >= 0.3 is 0 Å². The molecule has 1 aromatic rings. The highest BCUT2D eigenvalue weighted by atomic mass is 16.5. The SMILES string of the molecule is CN=C(NCc1ccccc1OC(C)(C)C)NC(C)COC. The second-order valence-electron chi connectivity index (χ2n) is 6.25. The molecule has 0 aliphatic heterocycles. The van der Waals surface area contributed by atoms with Gasteiger partial charge in [-0.1, -0.05) is 18.2 Å². The van der Waals surface area contributed by atoms with Crippen molar-refractivity contribution in [1.29, 1.82) is 0 Å². The molecule has 5 nitrogen and oxygen atoms in total. The van der Waals surface area contributed by atoms with Crippen LogP contribution in [0.25, 0.3) is 0 Å². The highest BCUT2D eigenvalue weighted by Gasteiger charge is 2.14. The molecule has 0 fully saturated rings. The number of para-hydroxylation sites is 1. The molecule has 0 aliphatic rings. The molecule has 1 unspecified atom stereocenters. The molecule has 22 heavy (non-hydrogen) atoms. The molecule has 0 amide bonds. The van der Waals surface area contributed by atoms with Gasteiger partial charge in [0, 0.05) is 32.3 Å². The summed E-state index contributed by atoms with van der Waals surface area (Å²) in [6.45, 7) is 9.46. The van der Waals surface area contributed by atoms with Gasteiger partial charge < -0.3 is 20.1 Å². The summed E-state index contributed by atoms with van der Waals surface area (Å²) in [6, 6.07) is 8.23. The minimum atomic E-state index is -0.219. The molecule has 5 heteroatoms. The number of aliphatic imine (C=N–C) groups is 1. The molecule has 0 saturated carbocycles. The van der Waals surface area contributed by atoms with Crippen molar-refractivity contribution >= 4 is 5.96 Å². The summed E-state index contributed by atoms with van der Waals surface area (Å²) < 4.78 is 11.1. The molecule has 0 aromatic heterocycles. The zero-order valence-electron chi connectivity index (χ0n) is 14.6. The van der Waals surface area contributed by atoms with Crippen molar-refractivity contribution in [3.05, 3.63) is 29.8 Å². The number of methoxy groups -OCH3 is 1. The Balaban J connectivity index is 2.67. The molecule has 0 aliphatic carbocycles. The molecule has 0 spiro atoms. The van der Waals surface area contributed by atoms with E-state index >= 15 is 0 Å². The van der Waals surface area contributed by atoms with Gasteiger partial charge in [-0.05, 0) is 33.8 Å². The van der Waals surface area contributed by atoms with Crippen LogP contribution >= 0.6 is 0 Å². The smallest absolute Gasteiger partial charge is 0.191 e. The van der Waals surface area contributed by atoms with E-state index < -0.39 is 0 Å². The van der Waals surface area contributed by atoms with Crippen molar-refractivity contribution in [3.8, 4) is 5.75 Å². The van der Waals surface area contributed by atoms with Gasteiger partial charge in [-0.3, -0.25) is 4.99 Å². The minimum absolute atomic E-state index is 0.192. The van der Waals surface area contributed by atoms with Crippen molar-refractivity contribution < 1.29 is 9.47 Å². The molecule has 1 rings (SSSR count). The number of nitrogens with zero attached hydrogens (tertiary/aromatic N) is 1. The Morgan fingerprint density at radius 1 is 1.27 bits per heavy atom. The largest absolute Gasteiger partial charge is 0.488 e. The Morgan fingerprint density at radius 2 is 1.95 bits per heavy atom. The number of nitrogens with one attached hydrogen (secondary N) is 2. The van der Waals surface area contributed by atoms with E-state index in [1.807, 2.05) is 45.9 Å². The maximum absolute atomic E-state index is 6.00. The lowest BCUT2D eigenvalue weighted by atomic mass is 10.1. The molecular weight excluding hydrogens is 278 g/mol. The third kappa shape index (κ3) is 6.80. The highest BCUT2D eigenvalue weighted by Crippen LogP contribution is 2.22. The van der Waals surface area contributed by atoms with Gasteiger partial charge in [-0.25, -0.2) is 0 Å². The van der Waals surface area contributed by atoms with Crippen LogP contribution in [0.1, 0.15) is 33.3 Å². The van der Waals surface area contributed by atoms with Gasteiger partial charge in [-0.15, -0.1) is 0 Å². The summed E-state index contributed by atoms with van der Waals surface area (Å²) >= 11 is 0. The maximum atomic E-state index is 6.00. The first kappa shape index (κ1) is 18.3. The van der Waals surface area contributed by atoms with Crippen molar-refractivity contribution in [1.82, 2.24) is 10.6 Å². The van der Waals surface area contributed by atoms with Crippen molar-refractivity contribution in [2.24, 2.45) is 4.99 Å². The van der Waals surface area contributed by atoms with Crippen LogP contribution in [0.3, 0.4) is 0 Å². The Bertz CT molecular complexity index is 481. The standard InChI is InChI=1S/C17H29N3O2/c1-13(12-21-6)20-16(18-5)19-11-14-9-7-8-10-15(14)22-17(2,3)4/h7-10,13H,11-12H2,1-6H3,(H2,18,19,20). The molecule has 0 saturated heterocycles. The second kappa shape index (κ2) is 8.63. The predicted molar refractivity (Wildman–Crippen MR) is 91.5 cm³/mol. The van der Waals surface area contributed by atoms with E-state index in [2.05, 4.69) is 21.7 Å². The maximum Gasteiger partial charge on any atom is 0.191 e. The van der Waals surface area contributed by atoms with E-state index in [9.17, 15) is 0 Å². The number of hydrogen-bond donors (Lipinski definition) is 2. The third-order valence-corrected chi connectivity index (χ3v) is 2.86. The van der Waals surface area contributed by atoms with E-state index in [4.69, 9.17) is 9.47 Å². The Kier molecular flexibility index (Phi) is 7.18. The van der Waals surface area contributed by atoms with Crippen LogP contribution in [0, 0.1) is 0 Å². The summed E-state index contributed by atoms with van der Waals surface area (Å²) in [4.78, 5) is 4.23. The van der Waals surface area contributed by atoms with Crippen LogP contribution in [0.15, 0.2) is 29.3 Å². The lowest BCUT2D eigenvalue weighted by Crippen LogP contribution is -2.43. The first-order valence-electron chi connectivity index (χ1n) is 7.58. The van der Waals surface area contributed by atoms with Crippen molar-refractivity contribution in [3.63, 3.8) is 0 Å². The first-order chi connectivity index (χ1) is 10.4. The summed E-state index contributed by atoms with van der Waals surface area (Å²) in [5.74, 6) is 1.64. The summed E-state index contributed by atoms with van der Waals surface area (Å²) in [5.41, 5.74) is 0.878. The lowest BCUT2D eigenvalue weighted by Gasteiger charge is -2.24. The molecule has 124 valence electrons. The van der Waals surface area contributed by atoms with E-state index in [1.165, 1.54) is 0 Å². The molecule has 1 atom stereocenters. The fraction of sp³-hybridized carbons (Fsp3) is 0.588. The summed E-state index contributed by atoms with van der Waals surface area (Å²) in [6.07, 6.45) is 0. The molecule has 0 bridgehead atoms. The van der Waals surface area contributed by atoms with Gasteiger partial charge in [0.15, 0.2) is 5.96 Å². The number of benzene rings is 1. The van der Waals surface area contributed by atoms with Gasteiger partial charge in [0.1, 0.15) is 11.4 Å². The molecular formula is C17H29N3O2. The van der Waals surface area contributed by atoms with Crippen LogP contribution in [0.2, 0.25) is 0 Å². The van der Waals surface area contributed by atoms with E-state index in [0.717, 1.165) is 17.3 Å². The fourth-order valence-corrected chi connectivity index (χ4v) is 1.98. The van der Waals surface area contributed by atoms with Crippen LogP contribution in [0.4, 0.5) is 0 Å². The fourth-order valence-electron chi connectivity index (χ4n) is 1.98. The quantitative estimate of drug-likeness (QED) is 0.626. The zero-order chi connectivity index (χ0) is 16.6. The monoisotopic (exact) mass is 307 g/mol. The molecule has 2 N–H and O–H groups in total. The van der Waals surface area contributed by atoms with Gasteiger partial charge in [0.25, 0.3) is 0 Å². The number of ether oxygens (including phenoxy) is 2. The molecule has 0 heterocycles. The summed E-state index contributed by atoms with van der Waals surface area (Å²) in [5, 5.41) is 6.58. The normalized spacial score (nSPS) is 13.6. The van der Waals surface area contributed by atoms with Gasteiger partial charge in [0.05, 0.1) is 6.61 Å². The second-order valence-corrected chi connectivity index (χ2v) is 6.25. The minimum Gasteiger partial charge on any atom is -0.488 e. The third-order valence-electron chi connectivity index (χ3n) is 2.86. The van der Waals surface area contributed by atoms with Crippen LogP contribution in [-0.4, -0.2) is 38.4 Å². The number of rotatable bonds is 6. The Hall–Kier alpha value is -1.75. The number of hydrogen-bond acceptors (Lipinski definition) is 3. The average Bonchev–Trinajstić information content (AvgIpc) is 2.43. The summed E-state index contributed by atoms with van der Waals surface area (Å²) in [7, 11) is 3.45. The van der Waals surface area contributed by atoms with Crippen molar-refractivity contribution in [2.75, 3.05) is 20.8 Å². The van der Waals surface area contributed by atoms with Gasteiger partial charge in [0.2, 0.25) is 0 Å². The first-order valence-corrected chi connectivity index (χ1v) is 7.58. The van der Waals surface area contributed by atoms with E-state index in [-0.39, 0.29) is 11.6 Å². The highest BCUT2D eigenvalue weighted by molar-refractivity contribution is 5.80. The van der Waals surface area contributed by atoms with Gasteiger partial charge in [-0.2, -0.15) is 0 Å². The topological polar surface area (TPSA) is 54.9 Å². The Morgan fingerprint density at radius 3 is 2.55 bits per heavy atom. The van der Waals surface area contributed by atoms with Crippen LogP contribution in [0.5, 0.6) is 5.75 Å². The molecule has 1 aromatic carbocycles. The molecule has 0 radical (unpaired) electrons. The van der Waals surface area contributed by atoms with Crippen LogP contribution in [-0.2, 0) is 11.3 Å². The zero-order valence-corrected chi connectivity index (χ0v) is 14.6. The van der Waals surface area contributed by atoms with Crippen LogP contribution < -0.4 is 15.4 Å². The van der Waals surface area contributed by atoms with E-state index in [1.54, 1.807) is 14.2 Å². The Labute approximate surface area is 134 Å². The van der Waals surface area contributed by atoms with E-state index in [0.29, 0.717) is 13.2 Å².